The number of H-pyrrole nitrogens is 1. The zero-order valence-electron chi connectivity index (χ0n) is 12.4. The number of hydrogen-bond acceptors (Lipinski definition) is 0. The molecule has 0 spiro atoms. The number of aromatic amines is 1. The summed E-state index contributed by atoms with van der Waals surface area (Å²) < 4.78 is 0. The van der Waals surface area contributed by atoms with Crippen molar-refractivity contribution in [3.63, 3.8) is 0 Å². The highest BCUT2D eigenvalue weighted by Gasteiger charge is 2.01. The summed E-state index contributed by atoms with van der Waals surface area (Å²) >= 11 is 0. The zero-order valence-corrected chi connectivity index (χ0v) is 12.4. The van der Waals surface area contributed by atoms with Gasteiger partial charge >= 0.3 is 0 Å². The summed E-state index contributed by atoms with van der Waals surface area (Å²) in [5.41, 5.74) is 3.05. The molecule has 0 atom stereocenters. The quantitative estimate of drug-likeness (QED) is 0.488. The number of rotatable bonds is 11. The van der Waals surface area contributed by atoms with Crippen molar-refractivity contribution in [1.29, 1.82) is 0 Å². The molecule has 0 aromatic carbocycles. The molecule has 1 nitrogen and oxygen atoms in total. The van der Waals surface area contributed by atoms with Gasteiger partial charge in [-0.3, -0.25) is 0 Å². The predicted molar refractivity (Wildman–Crippen MR) is 81.1 cm³/mol. The first kappa shape index (κ1) is 15.3. The molecule has 1 rings (SSSR count). The van der Waals surface area contributed by atoms with E-state index >= 15 is 0 Å². The summed E-state index contributed by atoms with van der Waals surface area (Å²) in [6, 6.07) is 0. The van der Waals surface area contributed by atoms with Gasteiger partial charge in [-0.2, -0.15) is 0 Å². The Bertz CT molecular complexity index is 288. The second-order valence-electron chi connectivity index (χ2n) is 5.44. The number of aryl methyl sites for hydroxylation is 2. The topological polar surface area (TPSA) is 15.8 Å². The van der Waals surface area contributed by atoms with Crippen LogP contribution in [0.3, 0.4) is 0 Å². The van der Waals surface area contributed by atoms with E-state index in [9.17, 15) is 0 Å². The fourth-order valence-electron chi connectivity index (χ4n) is 2.62. The van der Waals surface area contributed by atoms with E-state index in [1.165, 1.54) is 69.8 Å². The Hall–Kier alpha value is -0.720. The molecule has 104 valence electrons. The van der Waals surface area contributed by atoms with Crippen LogP contribution in [0.15, 0.2) is 12.4 Å². The molecule has 1 N–H and O–H groups in total. The lowest BCUT2D eigenvalue weighted by Gasteiger charge is -2.03. The van der Waals surface area contributed by atoms with Crippen LogP contribution in [-0.2, 0) is 12.8 Å². The maximum atomic E-state index is 3.23. The third-order valence-electron chi connectivity index (χ3n) is 3.86. The second-order valence-corrected chi connectivity index (χ2v) is 5.44. The van der Waals surface area contributed by atoms with Gasteiger partial charge in [0.25, 0.3) is 0 Å². The Kier molecular flexibility index (Phi) is 8.71. The van der Waals surface area contributed by atoms with Crippen LogP contribution in [0.2, 0.25) is 0 Å². The third kappa shape index (κ3) is 6.28. The van der Waals surface area contributed by atoms with Crippen LogP contribution in [0.4, 0.5) is 0 Å². The van der Waals surface area contributed by atoms with Crippen molar-refractivity contribution in [3.05, 3.63) is 23.5 Å². The van der Waals surface area contributed by atoms with E-state index in [0.717, 1.165) is 6.42 Å². The average Bonchev–Trinajstić information content (AvgIpc) is 2.84. The number of unbranched alkanes of at least 4 members (excludes halogenated alkanes) is 8. The largest absolute Gasteiger partial charge is 0.367 e. The predicted octanol–water partition coefficient (Wildman–Crippen LogP) is 5.65. The summed E-state index contributed by atoms with van der Waals surface area (Å²) in [5.74, 6) is 0. The van der Waals surface area contributed by atoms with Crippen molar-refractivity contribution in [2.45, 2.75) is 84.5 Å². The van der Waals surface area contributed by atoms with Crippen LogP contribution in [0.25, 0.3) is 0 Å². The average molecular weight is 249 g/mol. The molecule has 1 heteroatoms. The molecule has 0 saturated heterocycles. The molecule has 0 aliphatic carbocycles. The molecule has 1 heterocycles. The molecule has 0 unspecified atom stereocenters. The van der Waals surface area contributed by atoms with E-state index in [0.29, 0.717) is 0 Å². The lowest BCUT2D eigenvalue weighted by molar-refractivity contribution is 0.564. The highest BCUT2D eigenvalue weighted by molar-refractivity contribution is 5.23. The fourth-order valence-corrected chi connectivity index (χ4v) is 2.62. The van der Waals surface area contributed by atoms with Gasteiger partial charge in [-0.25, -0.2) is 0 Å². The van der Waals surface area contributed by atoms with Crippen molar-refractivity contribution < 1.29 is 0 Å². The van der Waals surface area contributed by atoms with Crippen molar-refractivity contribution in [2.24, 2.45) is 0 Å². The van der Waals surface area contributed by atoms with Crippen LogP contribution in [0, 0.1) is 0 Å². The van der Waals surface area contributed by atoms with E-state index in [1.54, 1.807) is 5.56 Å². The fraction of sp³-hybridized carbons (Fsp3) is 0.765. The Labute approximate surface area is 113 Å². The standard InChI is InChI=1S/C17H31N/c1-3-5-6-7-8-9-10-11-12-13-17-15-18-14-16(17)4-2/h14-15,18H,3-13H2,1-2H3. The normalized spacial score (nSPS) is 11.0. The Morgan fingerprint density at radius 1 is 0.722 bits per heavy atom. The van der Waals surface area contributed by atoms with E-state index in [2.05, 4.69) is 31.2 Å². The third-order valence-corrected chi connectivity index (χ3v) is 3.86. The van der Waals surface area contributed by atoms with Crippen molar-refractivity contribution >= 4 is 0 Å². The Morgan fingerprint density at radius 2 is 1.28 bits per heavy atom. The molecule has 1 aromatic rings. The van der Waals surface area contributed by atoms with Gasteiger partial charge in [0.15, 0.2) is 0 Å². The zero-order chi connectivity index (χ0) is 13.1. The van der Waals surface area contributed by atoms with Crippen LogP contribution in [0.5, 0.6) is 0 Å². The molecule has 1 aromatic heterocycles. The van der Waals surface area contributed by atoms with Gasteiger partial charge in [-0.15, -0.1) is 0 Å². The van der Waals surface area contributed by atoms with Gasteiger partial charge in [0.1, 0.15) is 0 Å². The molecule has 0 fully saturated rings. The highest BCUT2D eigenvalue weighted by Crippen LogP contribution is 2.14. The summed E-state index contributed by atoms with van der Waals surface area (Å²) in [6.45, 7) is 4.52. The minimum Gasteiger partial charge on any atom is -0.367 e. The van der Waals surface area contributed by atoms with Crippen LogP contribution >= 0.6 is 0 Å². The van der Waals surface area contributed by atoms with Gasteiger partial charge in [0.2, 0.25) is 0 Å². The minimum absolute atomic E-state index is 1.16. The van der Waals surface area contributed by atoms with Crippen LogP contribution < -0.4 is 0 Å². The molecule has 0 radical (unpaired) electrons. The van der Waals surface area contributed by atoms with Crippen LogP contribution in [-0.4, -0.2) is 4.98 Å². The van der Waals surface area contributed by atoms with E-state index in [1.807, 2.05) is 0 Å². The first-order valence-corrected chi connectivity index (χ1v) is 8.03. The first-order chi connectivity index (χ1) is 8.88. The smallest absolute Gasteiger partial charge is 0.00401 e. The molecular formula is C17H31N. The summed E-state index contributed by atoms with van der Waals surface area (Å²) in [4.78, 5) is 3.23. The van der Waals surface area contributed by atoms with Crippen LogP contribution in [0.1, 0.15) is 82.8 Å². The van der Waals surface area contributed by atoms with Gasteiger partial charge < -0.3 is 4.98 Å². The minimum atomic E-state index is 1.16. The molecular weight excluding hydrogens is 218 g/mol. The molecule has 0 aliphatic heterocycles. The number of nitrogens with one attached hydrogen (secondary N) is 1. The van der Waals surface area contributed by atoms with E-state index < -0.39 is 0 Å². The highest BCUT2D eigenvalue weighted by atomic mass is 14.6. The summed E-state index contributed by atoms with van der Waals surface area (Å²) in [6.07, 6.45) is 19.5. The maximum Gasteiger partial charge on any atom is 0.00401 e. The van der Waals surface area contributed by atoms with Crippen molar-refractivity contribution in [3.8, 4) is 0 Å². The van der Waals surface area contributed by atoms with Crippen molar-refractivity contribution in [2.75, 3.05) is 0 Å². The number of aromatic nitrogens is 1. The Morgan fingerprint density at radius 3 is 1.89 bits per heavy atom. The monoisotopic (exact) mass is 249 g/mol. The molecule has 18 heavy (non-hydrogen) atoms. The van der Waals surface area contributed by atoms with Crippen molar-refractivity contribution in [1.82, 2.24) is 4.98 Å². The molecule has 0 amide bonds. The van der Waals surface area contributed by atoms with Gasteiger partial charge in [0.05, 0.1) is 0 Å². The number of hydrogen-bond donors (Lipinski definition) is 1. The molecule has 0 saturated carbocycles. The maximum absolute atomic E-state index is 3.23. The molecule has 0 bridgehead atoms. The first-order valence-electron chi connectivity index (χ1n) is 8.03. The lowest BCUT2D eigenvalue weighted by atomic mass is 10.0. The molecule has 0 aliphatic rings. The SMILES string of the molecule is CCCCCCCCCCCc1c[nH]cc1CC. The van der Waals surface area contributed by atoms with Gasteiger partial charge in [-0.05, 0) is 30.4 Å². The summed E-state index contributed by atoms with van der Waals surface area (Å²) in [7, 11) is 0. The van der Waals surface area contributed by atoms with Gasteiger partial charge in [0, 0.05) is 12.4 Å². The second kappa shape index (κ2) is 10.2. The van der Waals surface area contributed by atoms with E-state index in [4.69, 9.17) is 0 Å². The summed E-state index contributed by atoms with van der Waals surface area (Å²) in [5, 5.41) is 0. The van der Waals surface area contributed by atoms with E-state index in [-0.39, 0.29) is 0 Å². The van der Waals surface area contributed by atoms with Gasteiger partial charge in [-0.1, -0.05) is 65.2 Å². The lowest BCUT2D eigenvalue weighted by Crippen LogP contribution is -1.89. The Balaban J connectivity index is 1.92.